The van der Waals surface area contributed by atoms with Gasteiger partial charge in [0.05, 0.1) is 7.05 Å². The Labute approximate surface area is 66.6 Å². The van der Waals surface area contributed by atoms with Crippen molar-refractivity contribution in [3.8, 4) is 0 Å². The van der Waals surface area contributed by atoms with Crippen LogP contribution in [0.1, 0.15) is 26.1 Å². The minimum atomic E-state index is 0.707. The first-order valence-electron chi connectivity index (χ1n) is 3.91. The molecule has 11 heavy (non-hydrogen) atoms. The van der Waals surface area contributed by atoms with Crippen LogP contribution in [0, 0.1) is 5.92 Å². The number of hydrogen-bond acceptors (Lipinski definition) is 3. The van der Waals surface area contributed by atoms with E-state index < -0.39 is 0 Å². The lowest BCUT2D eigenvalue weighted by Crippen LogP contribution is -1.96. The van der Waals surface area contributed by atoms with Crippen LogP contribution >= 0.6 is 0 Å². The summed E-state index contributed by atoms with van der Waals surface area (Å²) in [7, 11) is 1.78. The average Bonchev–Trinajstić information content (AvgIpc) is 2.31. The van der Waals surface area contributed by atoms with Crippen LogP contribution in [0.2, 0.25) is 0 Å². The highest BCUT2D eigenvalue weighted by Gasteiger charge is 2.01. The maximum absolute atomic E-state index is 4.08. The average molecular weight is 154 g/mol. The fraction of sp³-hybridized carbons (Fsp3) is 0.857. The Bertz CT molecular complexity index is 216. The van der Waals surface area contributed by atoms with E-state index in [-0.39, 0.29) is 0 Å². The molecule has 0 saturated heterocycles. The van der Waals surface area contributed by atoms with Crippen LogP contribution in [-0.2, 0) is 13.5 Å². The smallest absolute Gasteiger partial charge is 0.167 e. The van der Waals surface area contributed by atoms with Crippen LogP contribution in [0.25, 0.3) is 0 Å². The molecule has 0 aromatic carbocycles. The van der Waals surface area contributed by atoms with Crippen LogP contribution in [0.15, 0.2) is 0 Å². The molecule has 0 spiro atoms. The van der Waals surface area contributed by atoms with Gasteiger partial charge < -0.3 is 0 Å². The summed E-state index contributed by atoms with van der Waals surface area (Å²) in [6.45, 7) is 4.38. The van der Waals surface area contributed by atoms with Gasteiger partial charge in [-0.3, -0.25) is 0 Å². The molecule has 0 unspecified atom stereocenters. The van der Waals surface area contributed by atoms with Crippen molar-refractivity contribution in [2.45, 2.75) is 26.7 Å². The third-order valence-corrected chi connectivity index (χ3v) is 1.50. The zero-order valence-corrected chi connectivity index (χ0v) is 7.28. The molecule has 1 heterocycles. The van der Waals surface area contributed by atoms with E-state index in [2.05, 4.69) is 29.3 Å². The van der Waals surface area contributed by atoms with Gasteiger partial charge in [0.25, 0.3) is 0 Å². The fourth-order valence-corrected chi connectivity index (χ4v) is 0.841. The topological polar surface area (TPSA) is 43.6 Å². The molecule has 0 saturated carbocycles. The minimum Gasteiger partial charge on any atom is -0.167 e. The third kappa shape index (κ3) is 2.65. The SMILES string of the molecule is CC(C)CCc1nnn(C)n1. The highest BCUT2D eigenvalue weighted by molar-refractivity contribution is 4.76. The number of hydrogen-bond donors (Lipinski definition) is 0. The van der Waals surface area contributed by atoms with Gasteiger partial charge in [-0.1, -0.05) is 13.8 Å². The molecule has 4 heteroatoms. The van der Waals surface area contributed by atoms with Gasteiger partial charge in [0, 0.05) is 6.42 Å². The van der Waals surface area contributed by atoms with Crippen LogP contribution < -0.4 is 0 Å². The predicted molar refractivity (Wildman–Crippen MR) is 42.0 cm³/mol. The molecule has 0 aliphatic heterocycles. The normalized spacial score (nSPS) is 10.9. The molecular weight excluding hydrogens is 140 g/mol. The molecule has 0 aliphatic carbocycles. The lowest BCUT2D eigenvalue weighted by atomic mass is 10.1. The first-order chi connectivity index (χ1) is 5.18. The Morgan fingerprint density at radius 1 is 1.45 bits per heavy atom. The summed E-state index contributed by atoms with van der Waals surface area (Å²) in [6, 6.07) is 0. The van der Waals surface area contributed by atoms with E-state index in [9.17, 15) is 0 Å². The van der Waals surface area contributed by atoms with E-state index in [1.165, 1.54) is 4.80 Å². The van der Waals surface area contributed by atoms with Crippen LogP contribution in [-0.4, -0.2) is 20.2 Å². The first kappa shape index (κ1) is 8.17. The predicted octanol–water partition coefficient (Wildman–Crippen LogP) is 0.799. The van der Waals surface area contributed by atoms with Gasteiger partial charge in [-0.2, -0.15) is 4.80 Å². The fourth-order valence-electron chi connectivity index (χ4n) is 0.841. The molecule has 1 rings (SSSR count). The van der Waals surface area contributed by atoms with E-state index >= 15 is 0 Å². The first-order valence-corrected chi connectivity index (χ1v) is 3.91. The molecule has 0 amide bonds. The molecule has 0 radical (unpaired) electrons. The van der Waals surface area contributed by atoms with Gasteiger partial charge in [0.15, 0.2) is 5.82 Å². The highest BCUT2D eigenvalue weighted by atomic mass is 15.6. The maximum atomic E-state index is 4.08. The maximum Gasteiger partial charge on any atom is 0.174 e. The van der Waals surface area contributed by atoms with Crippen molar-refractivity contribution in [3.63, 3.8) is 0 Å². The number of rotatable bonds is 3. The molecule has 0 aliphatic rings. The van der Waals surface area contributed by atoms with Gasteiger partial charge >= 0.3 is 0 Å². The lowest BCUT2D eigenvalue weighted by Gasteiger charge is -1.98. The highest BCUT2D eigenvalue weighted by Crippen LogP contribution is 2.03. The number of aryl methyl sites for hydroxylation is 2. The second-order valence-corrected chi connectivity index (χ2v) is 3.13. The van der Waals surface area contributed by atoms with E-state index in [1.54, 1.807) is 7.05 Å². The quantitative estimate of drug-likeness (QED) is 0.646. The minimum absolute atomic E-state index is 0.707. The van der Waals surface area contributed by atoms with Crippen molar-refractivity contribution in [2.24, 2.45) is 13.0 Å². The van der Waals surface area contributed by atoms with Crippen LogP contribution in [0.3, 0.4) is 0 Å². The van der Waals surface area contributed by atoms with Gasteiger partial charge in [-0.15, -0.1) is 10.2 Å². The standard InChI is InChI=1S/C7H14N4/c1-6(2)4-5-7-8-10-11(3)9-7/h6H,4-5H2,1-3H3. The Balaban J connectivity index is 2.39. The van der Waals surface area contributed by atoms with Crippen LogP contribution in [0.5, 0.6) is 0 Å². The van der Waals surface area contributed by atoms with Crippen LogP contribution in [0.4, 0.5) is 0 Å². The number of aromatic nitrogens is 4. The summed E-state index contributed by atoms with van der Waals surface area (Å²) in [5.41, 5.74) is 0. The van der Waals surface area contributed by atoms with E-state index in [4.69, 9.17) is 0 Å². The molecule has 1 aromatic heterocycles. The molecule has 0 fully saturated rings. The van der Waals surface area contributed by atoms with Gasteiger partial charge in [-0.05, 0) is 17.6 Å². The molecule has 0 atom stereocenters. The molecule has 62 valence electrons. The molecule has 1 aromatic rings. The van der Waals surface area contributed by atoms with Crippen molar-refractivity contribution < 1.29 is 0 Å². The van der Waals surface area contributed by atoms with Gasteiger partial charge in [-0.25, -0.2) is 0 Å². The van der Waals surface area contributed by atoms with Gasteiger partial charge in [0.2, 0.25) is 0 Å². The second kappa shape index (κ2) is 3.46. The summed E-state index contributed by atoms with van der Waals surface area (Å²) in [5, 5.41) is 11.7. The monoisotopic (exact) mass is 154 g/mol. The third-order valence-electron chi connectivity index (χ3n) is 1.50. The summed E-state index contributed by atoms with van der Waals surface area (Å²) in [4.78, 5) is 1.50. The van der Waals surface area contributed by atoms with E-state index in [0.29, 0.717) is 5.92 Å². The summed E-state index contributed by atoms with van der Waals surface area (Å²) in [6.07, 6.45) is 2.07. The molecule has 4 nitrogen and oxygen atoms in total. The molecular formula is C7H14N4. The van der Waals surface area contributed by atoms with Crippen molar-refractivity contribution >= 4 is 0 Å². The molecule has 0 bridgehead atoms. The van der Waals surface area contributed by atoms with Crippen molar-refractivity contribution in [1.82, 2.24) is 20.2 Å². The van der Waals surface area contributed by atoms with E-state index in [1.807, 2.05) is 0 Å². The Hall–Kier alpha value is -0.930. The van der Waals surface area contributed by atoms with Crippen molar-refractivity contribution in [2.75, 3.05) is 0 Å². The lowest BCUT2D eigenvalue weighted by molar-refractivity contribution is 0.571. The Morgan fingerprint density at radius 2 is 2.18 bits per heavy atom. The summed E-state index contributed by atoms with van der Waals surface area (Å²) >= 11 is 0. The van der Waals surface area contributed by atoms with E-state index in [0.717, 1.165) is 18.7 Å². The van der Waals surface area contributed by atoms with Crippen molar-refractivity contribution in [1.29, 1.82) is 0 Å². The van der Waals surface area contributed by atoms with Crippen molar-refractivity contribution in [3.05, 3.63) is 5.82 Å². The number of tetrazole rings is 1. The number of nitrogens with zero attached hydrogens (tertiary/aromatic N) is 4. The van der Waals surface area contributed by atoms with Gasteiger partial charge in [0.1, 0.15) is 0 Å². The summed E-state index contributed by atoms with van der Waals surface area (Å²) in [5.74, 6) is 1.56. The Kier molecular flexibility index (Phi) is 2.57. The largest absolute Gasteiger partial charge is 0.174 e. The molecule has 0 N–H and O–H groups in total. The zero-order valence-electron chi connectivity index (χ0n) is 7.28. The summed E-state index contributed by atoms with van der Waals surface area (Å²) < 4.78 is 0. The zero-order chi connectivity index (χ0) is 8.27. The Morgan fingerprint density at radius 3 is 2.64 bits per heavy atom. The second-order valence-electron chi connectivity index (χ2n) is 3.13.